The van der Waals surface area contributed by atoms with Crippen LogP contribution in [0.15, 0.2) is 75.9 Å². The van der Waals surface area contributed by atoms with E-state index < -0.39 is 0 Å². The second-order valence-corrected chi connectivity index (χ2v) is 6.76. The van der Waals surface area contributed by atoms with Crippen molar-refractivity contribution in [3.8, 4) is 11.6 Å². The summed E-state index contributed by atoms with van der Waals surface area (Å²) in [6, 6.07) is 19.0. The number of amides is 1. The van der Waals surface area contributed by atoms with E-state index >= 15 is 0 Å². The van der Waals surface area contributed by atoms with Gasteiger partial charge < -0.3 is 19.2 Å². The van der Waals surface area contributed by atoms with E-state index in [9.17, 15) is 4.79 Å². The van der Waals surface area contributed by atoms with Gasteiger partial charge in [-0.1, -0.05) is 23.4 Å². The number of anilines is 2. The van der Waals surface area contributed by atoms with E-state index in [0.717, 1.165) is 17.8 Å². The Morgan fingerprint density at radius 3 is 2.76 bits per heavy atom. The van der Waals surface area contributed by atoms with Crippen LogP contribution in [0.3, 0.4) is 0 Å². The van der Waals surface area contributed by atoms with Gasteiger partial charge in [0, 0.05) is 23.5 Å². The third-order valence-electron chi connectivity index (χ3n) is 4.92. The summed E-state index contributed by atoms with van der Waals surface area (Å²) in [5, 5.41) is 7.12. The normalized spacial score (nSPS) is 12.8. The first-order valence-corrected chi connectivity index (χ1v) is 9.38. The quantitative estimate of drug-likeness (QED) is 0.555. The summed E-state index contributed by atoms with van der Waals surface area (Å²) in [6.45, 7) is 1.09. The lowest BCUT2D eigenvalue weighted by Gasteiger charge is -2.17. The molecule has 7 heteroatoms. The fourth-order valence-electron chi connectivity index (χ4n) is 3.45. The van der Waals surface area contributed by atoms with E-state index in [2.05, 4.69) is 21.5 Å². The molecular formula is C22H18N4O3. The molecule has 0 bridgehead atoms. The maximum absolute atomic E-state index is 12.9. The number of fused-ring (bicyclic) bond motifs is 1. The molecule has 0 radical (unpaired) electrons. The Hall–Kier alpha value is -3.87. The number of hydrogen-bond donors (Lipinski definition) is 1. The Balaban J connectivity index is 1.23. The lowest BCUT2D eigenvalue weighted by atomic mass is 10.1. The Morgan fingerprint density at radius 1 is 1.07 bits per heavy atom. The van der Waals surface area contributed by atoms with Crippen LogP contribution in [-0.4, -0.2) is 22.6 Å². The smallest absolute Gasteiger partial charge is 0.258 e. The van der Waals surface area contributed by atoms with Gasteiger partial charge in [0.15, 0.2) is 5.76 Å². The molecule has 0 atom stereocenters. The molecule has 0 spiro atoms. The monoisotopic (exact) mass is 386 g/mol. The summed E-state index contributed by atoms with van der Waals surface area (Å²) in [6.07, 6.45) is 2.46. The number of carbonyl (C=O) groups excluding carboxylic acids is 1. The van der Waals surface area contributed by atoms with Crippen molar-refractivity contribution in [3.63, 3.8) is 0 Å². The minimum atomic E-state index is 0.0153. The van der Waals surface area contributed by atoms with Crippen LogP contribution < -0.4 is 10.2 Å². The first-order valence-electron chi connectivity index (χ1n) is 9.38. The zero-order valence-corrected chi connectivity index (χ0v) is 15.5. The van der Waals surface area contributed by atoms with Gasteiger partial charge in [-0.05, 0) is 54.4 Å². The van der Waals surface area contributed by atoms with E-state index in [-0.39, 0.29) is 5.91 Å². The molecule has 0 aliphatic carbocycles. The number of carbonyl (C=O) groups is 1. The number of benzene rings is 2. The first-order chi connectivity index (χ1) is 14.3. The number of aromatic nitrogens is 2. The maximum atomic E-state index is 12.9. The van der Waals surface area contributed by atoms with Crippen molar-refractivity contribution in [1.82, 2.24) is 10.1 Å². The van der Waals surface area contributed by atoms with Gasteiger partial charge in [0.25, 0.3) is 5.91 Å². The van der Waals surface area contributed by atoms with Crippen LogP contribution in [0, 0.1) is 0 Å². The van der Waals surface area contributed by atoms with E-state index in [1.54, 1.807) is 18.4 Å². The zero-order chi connectivity index (χ0) is 19.6. The molecule has 0 fully saturated rings. The third-order valence-corrected chi connectivity index (χ3v) is 4.92. The Morgan fingerprint density at radius 2 is 1.93 bits per heavy atom. The highest BCUT2D eigenvalue weighted by atomic mass is 16.5. The van der Waals surface area contributed by atoms with E-state index in [1.807, 2.05) is 47.4 Å². The van der Waals surface area contributed by atoms with Gasteiger partial charge in [0.05, 0.1) is 12.8 Å². The molecule has 0 unspecified atom stereocenters. The first kappa shape index (κ1) is 17.2. The molecule has 1 amide bonds. The minimum absolute atomic E-state index is 0.0153. The highest BCUT2D eigenvalue weighted by Crippen LogP contribution is 2.29. The molecule has 29 heavy (non-hydrogen) atoms. The summed E-state index contributed by atoms with van der Waals surface area (Å²) in [5.74, 6) is 1.44. The van der Waals surface area contributed by atoms with Gasteiger partial charge >= 0.3 is 0 Å². The lowest BCUT2D eigenvalue weighted by molar-refractivity contribution is 0.0989. The van der Waals surface area contributed by atoms with Crippen molar-refractivity contribution in [2.75, 3.05) is 16.8 Å². The van der Waals surface area contributed by atoms with E-state index in [1.165, 1.54) is 5.56 Å². The molecule has 5 rings (SSSR count). The van der Waals surface area contributed by atoms with Crippen LogP contribution in [-0.2, 0) is 13.0 Å². The van der Waals surface area contributed by atoms with E-state index in [4.69, 9.17) is 8.94 Å². The molecule has 4 aromatic rings. The Labute approximate surface area is 167 Å². The molecule has 0 saturated heterocycles. The molecule has 1 aliphatic heterocycles. The number of hydrogen-bond acceptors (Lipinski definition) is 6. The number of rotatable bonds is 5. The van der Waals surface area contributed by atoms with Crippen LogP contribution in [0.5, 0.6) is 0 Å². The number of para-hydroxylation sites is 1. The predicted molar refractivity (Wildman–Crippen MR) is 108 cm³/mol. The van der Waals surface area contributed by atoms with Crippen molar-refractivity contribution in [3.05, 3.63) is 83.9 Å². The van der Waals surface area contributed by atoms with E-state index in [0.29, 0.717) is 36.1 Å². The van der Waals surface area contributed by atoms with Crippen LogP contribution in [0.1, 0.15) is 21.8 Å². The maximum Gasteiger partial charge on any atom is 0.258 e. The molecule has 3 heterocycles. The van der Waals surface area contributed by atoms with Gasteiger partial charge in [-0.3, -0.25) is 4.79 Å². The van der Waals surface area contributed by atoms with Crippen molar-refractivity contribution in [1.29, 1.82) is 0 Å². The van der Waals surface area contributed by atoms with Crippen molar-refractivity contribution < 1.29 is 13.7 Å². The molecule has 2 aromatic carbocycles. The average molecular weight is 386 g/mol. The molecule has 1 N–H and O–H groups in total. The highest BCUT2D eigenvalue weighted by Gasteiger charge is 2.24. The Kier molecular flexibility index (Phi) is 4.32. The molecule has 1 aliphatic rings. The largest absolute Gasteiger partial charge is 0.461 e. The second kappa shape index (κ2) is 7.27. The molecule has 0 saturated carbocycles. The molecule has 2 aromatic heterocycles. The summed E-state index contributed by atoms with van der Waals surface area (Å²) < 4.78 is 10.5. The molecule has 7 nitrogen and oxygen atoms in total. The van der Waals surface area contributed by atoms with Gasteiger partial charge in [-0.25, -0.2) is 0 Å². The summed E-state index contributed by atoms with van der Waals surface area (Å²) in [7, 11) is 0. The fourth-order valence-corrected chi connectivity index (χ4v) is 3.45. The van der Waals surface area contributed by atoms with Crippen molar-refractivity contribution in [2.24, 2.45) is 0 Å². The SMILES string of the molecule is O=C(c1ccc(NCc2nc(-c3ccco3)no2)cc1)N1CCc2ccccc21. The number of nitrogens with zero attached hydrogens (tertiary/aromatic N) is 3. The standard InChI is InChI=1S/C22H18N4O3/c27-22(26-12-11-15-4-1-2-5-18(15)26)16-7-9-17(10-8-16)23-14-20-24-21(25-29-20)19-6-3-13-28-19/h1-10,13,23H,11-12,14H2. The summed E-state index contributed by atoms with van der Waals surface area (Å²) >= 11 is 0. The van der Waals surface area contributed by atoms with Crippen LogP contribution in [0.25, 0.3) is 11.6 Å². The predicted octanol–water partition coefficient (Wildman–Crippen LogP) is 4.14. The molecule has 144 valence electrons. The summed E-state index contributed by atoms with van der Waals surface area (Å²) in [5.41, 5.74) is 3.74. The highest BCUT2D eigenvalue weighted by molar-refractivity contribution is 6.07. The lowest BCUT2D eigenvalue weighted by Crippen LogP contribution is -2.28. The van der Waals surface area contributed by atoms with Crippen molar-refractivity contribution >= 4 is 17.3 Å². The summed E-state index contributed by atoms with van der Waals surface area (Å²) in [4.78, 5) is 19.0. The fraction of sp³-hybridized carbons (Fsp3) is 0.136. The third kappa shape index (κ3) is 3.38. The van der Waals surface area contributed by atoms with Crippen molar-refractivity contribution in [2.45, 2.75) is 13.0 Å². The topological polar surface area (TPSA) is 84.4 Å². The van der Waals surface area contributed by atoms with Gasteiger partial charge in [-0.15, -0.1) is 0 Å². The van der Waals surface area contributed by atoms with Gasteiger partial charge in [-0.2, -0.15) is 4.98 Å². The second-order valence-electron chi connectivity index (χ2n) is 6.76. The number of nitrogens with one attached hydrogen (secondary N) is 1. The van der Waals surface area contributed by atoms with Crippen LogP contribution in [0.2, 0.25) is 0 Å². The van der Waals surface area contributed by atoms with Crippen LogP contribution >= 0.6 is 0 Å². The van der Waals surface area contributed by atoms with Crippen LogP contribution in [0.4, 0.5) is 11.4 Å². The molecular weight excluding hydrogens is 368 g/mol. The Bertz CT molecular complexity index is 1130. The van der Waals surface area contributed by atoms with Gasteiger partial charge in [0.1, 0.15) is 0 Å². The zero-order valence-electron chi connectivity index (χ0n) is 15.5. The number of furan rings is 1. The average Bonchev–Trinajstić information content (AvgIpc) is 3.52. The van der Waals surface area contributed by atoms with Gasteiger partial charge in [0.2, 0.25) is 11.7 Å². The minimum Gasteiger partial charge on any atom is -0.461 e.